The predicted molar refractivity (Wildman–Crippen MR) is 240 cm³/mol. The van der Waals surface area contributed by atoms with Crippen LogP contribution in [0.1, 0.15) is 44.5 Å². The van der Waals surface area contributed by atoms with Crippen LogP contribution in [0.5, 0.6) is 0 Å². The molecule has 3 aliphatic rings. The van der Waals surface area contributed by atoms with Crippen molar-refractivity contribution in [1.29, 1.82) is 0 Å². The van der Waals surface area contributed by atoms with Crippen LogP contribution in [0, 0.1) is 0 Å². The van der Waals surface area contributed by atoms with Gasteiger partial charge in [-0.05, 0) is 108 Å². The lowest BCUT2D eigenvalue weighted by atomic mass is 9.52. The van der Waals surface area contributed by atoms with Gasteiger partial charge in [0, 0.05) is 11.3 Å². The molecule has 0 atom stereocenters. The molecule has 10 aromatic rings. The maximum atomic E-state index is 5.17. The van der Waals surface area contributed by atoms with Gasteiger partial charge in [0.15, 0.2) is 0 Å². The highest BCUT2D eigenvalue weighted by atomic mass is 15.1. The summed E-state index contributed by atoms with van der Waals surface area (Å²) in [5.74, 6) is 0.935. The molecule has 0 fully saturated rings. The second-order valence-corrected chi connectivity index (χ2v) is 16.2. The molecule has 0 radical (unpaired) electrons. The van der Waals surface area contributed by atoms with Crippen molar-refractivity contribution in [2.45, 2.75) is 10.8 Å². The average Bonchev–Trinajstić information content (AvgIpc) is 3.95. The molecule has 2 nitrogen and oxygen atoms in total. The number of benzene rings is 9. The first-order chi connectivity index (χ1) is 29.3. The Labute approximate surface area is 343 Å². The van der Waals surface area contributed by atoms with Crippen LogP contribution in [0.3, 0.4) is 0 Å². The maximum absolute atomic E-state index is 5.17. The van der Waals surface area contributed by atoms with Gasteiger partial charge in [0.05, 0.1) is 21.9 Å². The summed E-state index contributed by atoms with van der Waals surface area (Å²) in [5, 5.41) is 0. The summed E-state index contributed by atoms with van der Waals surface area (Å²) in [6, 6.07) is 81.1. The van der Waals surface area contributed by atoms with Crippen molar-refractivity contribution >= 4 is 11.0 Å². The highest BCUT2D eigenvalue weighted by Gasteiger charge is 2.58. The third kappa shape index (κ3) is 4.12. The normalized spacial score (nSPS) is 14.4. The Bertz CT molecular complexity index is 3240. The van der Waals surface area contributed by atoms with Gasteiger partial charge >= 0.3 is 0 Å². The van der Waals surface area contributed by atoms with E-state index in [9.17, 15) is 0 Å². The van der Waals surface area contributed by atoms with Crippen LogP contribution in [0.25, 0.3) is 61.5 Å². The minimum Gasteiger partial charge on any atom is -0.292 e. The molecule has 9 aromatic carbocycles. The Kier molecular flexibility index (Phi) is 6.61. The molecule has 0 unspecified atom stereocenters. The van der Waals surface area contributed by atoms with Gasteiger partial charge in [-0.1, -0.05) is 188 Å². The quantitative estimate of drug-likeness (QED) is 0.176. The van der Waals surface area contributed by atoms with E-state index >= 15 is 0 Å². The van der Waals surface area contributed by atoms with Gasteiger partial charge < -0.3 is 0 Å². The van der Waals surface area contributed by atoms with Gasteiger partial charge in [-0.25, -0.2) is 4.98 Å². The summed E-state index contributed by atoms with van der Waals surface area (Å²) in [4.78, 5) is 5.17. The van der Waals surface area contributed by atoms with E-state index in [0.717, 1.165) is 28.1 Å². The van der Waals surface area contributed by atoms with Crippen molar-refractivity contribution in [2.24, 2.45) is 0 Å². The number of imidazole rings is 1. The van der Waals surface area contributed by atoms with Gasteiger partial charge in [0.25, 0.3) is 0 Å². The lowest BCUT2D eigenvalue weighted by Crippen LogP contribution is -2.43. The van der Waals surface area contributed by atoms with E-state index in [4.69, 9.17) is 4.98 Å². The molecule has 0 amide bonds. The molecule has 0 saturated carbocycles. The van der Waals surface area contributed by atoms with Crippen molar-refractivity contribution in [3.8, 4) is 50.5 Å². The van der Waals surface area contributed by atoms with E-state index in [2.05, 4.69) is 223 Å². The summed E-state index contributed by atoms with van der Waals surface area (Å²) in [6.07, 6.45) is 0. The molecule has 1 aromatic heterocycles. The molecule has 1 heterocycles. The van der Waals surface area contributed by atoms with Gasteiger partial charge in [-0.2, -0.15) is 0 Å². The molecule has 274 valence electrons. The number of nitrogens with zero attached hydrogens (tertiary/aromatic N) is 2. The van der Waals surface area contributed by atoms with Crippen LogP contribution in [0.2, 0.25) is 0 Å². The van der Waals surface area contributed by atoms with Crippen molar-refractivity contribution in [2.75, 3.05) is 0 Å². The van der Waals surface area contributed by atoms with Gasteiger partial charge in [-0.15, -0.1) is 0 Å². The number of fused-ring (bicyclic) bond motifs is 17. The topological polar surface area (TPSA) is 17.8 Å². The van der Waals surface area contributed by atoms with Crippen LogP contribution in [0.4, 0.5) is 0 Å². The van der Waals surface area contributed by atoms with Crippen LogP contribution in [-0.4, -0.2) is 9.55 Å². The second-order valence-electron chi connectivity index (χ2n) is 16.2. The molecular weight excluding hydrogens is 713 g/mol. The molecule has 0 N–H and O–H groups in total. The largest absolute Gasteiger partial charge is 0.292 e. The first kappa shape index (κ1) is 32.5. The number of para-hydroxylation sites is 3. The molecule has 2 spiro atoms. The molecule has 0 saturated heterocycles. The van der Waals surface area contributed by atoms with Gasteiger partial charge in [0.1, 0.15) is 5.82 Å². The van der Waals surface area contributed by atoms with E-state index in [1.165, 1.54) is 77.9 Å². The summed E-state index contributed by atoms with van der Waals surface area (Å²) in [5.41, 5.74) is 21.6. The van der Waals surface area contributed by atoms with Crippen LogP contribution in [0.15, 0.2) is 218 Å². The van der Waals surface area contributed by atoms with E-state index in [0.29, 0.717) is 0 Å². The Morgan fingerprint density at radius 1 is 0.305 bits per heavy atom. The molecule has 13 rings (SSSR count). The van der Waals surface area contributed by atoms with Crippen molar-refractivity contribution in [3.63, 3.8) is 0 Å². The first-order valence-corrected chi connectivity index (χ1v) is 20.6. The molecule has 0 aliphatic heterocycles. The average molecular weight is 749 g/mol. The molecule has 0 bridgehead atoms. The number of aromatic nitrogens is 2. The second kappa shape index (κ2) is 12.0. The van der Waals surface area contributed by atoms with Crippen LogP contribution >= 0.6 is 0 Å². The van der Waals surface area contributed by atoms with Crippen LogP contribution < -0.4 is 0 Å². The zero-order chi connectivity index (χ0) is 38.7. The summed E-state index contributed by atoms with van der Waals surface area (Å²) in [6.45, 7) is 0. The minimum atomic E-state index is -0.521. The Balaban J connectivity index is 1.08. The number of rotatable bonds is 3. The predicted octanol–water partition coefficient (Wildman–Crippen LogP) is 13.4. The van der Waals surface area contributed by atoms with E-state index in [-0.39, 0.29) is 0 Å². The maximum Gasteiger partial charge on any atom is 0.145 e. The SMILES string of the molecule is c1ccc(-n2c(-c3ccc(-c4ccc5c(c4)C4(c6ccccc6-c6ccccc64)c4ccccc4C54c5ccccc5-c5ccccc54)cc3)nc3ccccc32)cc1. The number of hydrogen-bond acceptors (Lipinski definition) is 1. The van der Waals surface area contributed by atoms with E-state index in [1.807, 2.05) is 0 Å². The zero-order valence-electron chi connectivity index (χ0n) is 32.2. The monoisotopic (exact) mass is 748 g/mol. The summed E-state index contributed by atoms with van der Waals surface area (Å²) < 4.78 is 2.27. The fourth-order valence-corrected chi connectivity index (χ4v) is 11.3. The highest BCUT2D eigenvalue weighted by molar-refractivity contribution is 5.94. The van der Waals surface area contributed by atoms with Gasteiger partial charge in [-0.3, -0.25) is 4.57 Å². The summed E-state index contributed by atoms with van der Waals surface area (Å²) in [7, 11) is 0. The van der Waals surface area contributed by atoms with E-state index in [1.54, 1.807) is 0 Å². The lowest BCUT2D eigenvalue weighted by molar-refractivity contribution is 0.633. The minimum absolute atomic E-state index is 0.490. The highest BCUT2D eigenvalue weighted by Crippen LogP contribution is 2.67. The Hall–Kier alpha value is -7.55. The Morgan fingerprint density at radius 3 is 1.27 bits per heavy atom. The molecule has 3 aliphatic carbocycles. The third-order valence-electron chi connectivity index (χ3n) is 13.5. The summed E-state index contributed by atoms with van der Waals surface area (Å²) >= 11 is 0. The molecular formula is C57H36N2. The smallest absolute Gasteiger partial charge is 0.145 e. The zero-order valence-corrected chi connectivity index (χ0v) is 32.2. The van der Waals surface area contributed by atoms with Crippen LogP contribution in [-0.2, 0) is 10.8 Å². The standard InChI is InChI=1S/C57H36N2/c1-2-16-40(17-3-1)59-54-29-15-14-28-53(54)58-55(59)38-32-30-37(31-33-38)39-34-35-51-52(36-39)57(47-24-10-6-20-43(47)44-21-7-11-25-48(44)57)50-27-13-12-26-49(50)56(51)45-22-8-4-18-41(45)42-19-5-9-23-46(42)56/h1-36H. The van der Waals surface area contributed by atoms with E-state index < -0.39 is 10.8 Å². The number of hydrogen-bond donors (Lipinski definition) is 0. The van der Waals surface area contributed by atoms with Crippen molar-refractivity contribution < 1.29 is 0 Å². The van der Waals surface area contributed by atoms with Crippen molar-refractivity contribution in [3.05, 3.63) is 263 Å². The first-order valence-electron chi connectivity index (χ1n) is 20.6. The molecule has 59 heavy (non-hydrogen) atoms. The Morgan fingerprint density at radius 2 is 0.712 bits per heavy atom. The fourth-order valence-electron chi connectivity index (χ4n) is 11.3. The van der Waals surface area contributed by atoms with Crippen molar-refractivity contribution in [1.82, 2.24) is 9.55 Å². The lowest BCUT2D eigenvalue weighted by Gasteiger charge is -2.49. The third-order valence-corrected chi connectivity index (χ3v) is 13.5. The fraction of sp³-hybridized carbons (Fsp3) is 0.0351. The van der Waals surface area contributed by atoms with Gasteiger partial charge in [0.2, 0.25) is 0 Å². The molecule has 2 heteroatoms.